The SMILES string of the molecule is CCCCN(C)c1nc(C)cc(C(=O)N2CCCC(C)C2)n1. The predicted octanol–water partition coefficient (Wildman–Crippen LogP) is 2.89. The number of nitrogens with zero attached hydrogens (tertiary/aromatic N) is 4. The minimum Gasteiger partial charge on any atom is -0.344 e. The van der Waals surface area contributed by atoms with Crippen LogP contribution in [0.1, 0.15) is 55.7 Å². The van der Waals surface area contributed by atoms with Gasteiger partial charge in [0.15, 0.2) is 0 Å². The van der Waals surface area contributed by atoms with Crippen LogP contribution in [0.5, 0.6) is 0 Å². The maximum absolute atomic E-state index is 12.7. The normalized spacial score (nSPS) is 18.4. The molecule has 2 heterocycles. The smallest absolute Gasteiger partial charge is 0.272 e. The van der Waals surface area contributed by atoms with Gasteiger partial charge >= 0.3 is 0 Å². The van der Waals surface area contributed by atoms with Gasteiger partial charge in [-0.15, -0.1) is 0 Å². The first-order valence-corrected chi connectivity index (χ1v) is 8.37. The van der Waals surface area contributed by atoms with Gasteiger partial charge in [0.25, 0.3) is 5.91 Å². The van der Waals surface area contributed by atoms with Crippen molar-refractivity contribution in [3.05, 3.63) is 17.5 Å². The third-order valence-corrected chi connectivity index (χ3v) is 4.19. The van der Waals surface area contributed by atoms with Gasteiger partial charge in [-0.3, -0.25) is 4.79 Å². The van der Waals surface area contributed by atoms with Crippen LogP contribution in [0, 0.1) is 12.8 Å². The Kier molecular flexibility index (Phi) is 5.75. The molecule has 0 N–H and O–H groups in total. The van der Waals surface area contributed by atoms with Crippen LogP contribution in [0.3, 0.4) is 0 Å². The zero-order chi connectivity index (χ0) is 16.1. The van der Waals surface area contributed by atoms with Crippen molar-refractivity contribution in [2.45, 2.75) is 46.5 Å². The van der Waals surface area contributed by atoms with Crippen molar-refractivity contribution in [2.75, 3.05) is 31.6 Å². The van der Waals surface area contributed by atoms with Crippen molar-refractivity contribution in [3.63, 3.8) is 0 Å². The lowest BCUT2D eigenvalue weighted by molar-refractivity contribution is 0.0677. The van der Waals surface area contributed by atoms with Crippen LogP contribution in [-0.2, 0) is 0 Å². The van der Waals surface area contributed by atoms with Crippen molar-refractivity contribution < 1.29 is 4.79 Å². The van der Waals surface area contributed by atoms with Gasteiger partial charge in [0, 0.05) is 32.4 Å². The van der Waals surface area contributed by atoms with Gasteiger partial charge in [-0.05, 0) is 38.2 Å². The summed E-state index contributed by atoms with van der Waals surface area (Å²) in [6.45, 7) is 8.88. The van der Waals surface area contributed by atoms with Crippen LogP contribution >= 0.6 is 0 Å². The van der Waals surface area contributed by atoms with E-state index in [1.807, 2.05) is 23.8 Å². The molecule has 0 aromatic carbocycles. The highest BCUT2D eigenvalue weighted by Crippen LogP contribution is 2.18. The highest BCUT2D eigenvalue weighted by Gasteiger charge is 2.24. The summed E-state index contributed by atoms with van der Waals surface area (Å²) in [6, 6.07) is 1.80. The van der Waals surface area contributed by atoms with Crippen molar-refractivity contribution >= 4 is 11.9 Å². The van der Waals surface area contributed by atoms with Crippen LogP contribution in [0.2, 0.25) is 0 Å². The molecule has 0 spiro atoms. The molecule has 1 aromatic rings. The molecule has 1 amide bonds. The number of piperidine rings is 1. The number of anilines is 1. The van der Waals surface area contributed by atoms with Gasteiger partial charge < -0.3 is 9.80 Å². The van der Waals surface area contributed by atoms with Crippen LogP contribution in [0.25, 0.3) is 0 Å². The number of hydrogen-bond donors (Lipinski definition) is 0. The third-order valence-electron chi connectivity index (χ3n) is 4.19. The summed E-state index contributed by atoms with van der Waals surface area (Å²) >= 11 is 0. The summed E-state index contributed by atoms with van der Waals surface area (Å²) in [5, 5.41) is 0. The van der Waals surface area contributed by atoms with Gasteiger partial charge in [0.05, 0.1) is 0 Å². The van der Waals surface area contributed by atoms with Crippen LogP contribution in [0.15, 0.2) is 6.07 Å². The number of aryl methyl sites for hydroxylation is 1. The van der Waals surface area contributed by atoms with E-state index < -0.39 is 0 Å². The highest BCUT2D eigenvalue weighted by molar-refractivity contribution is 5.92. The van der Waals surface area contributed by atoms with Gasteiger partial charge in [-0.2, -0.15) is 0 Å². The van der Waals surface area contributed by atoms with E-state index in [2.05, 4.69) is 23.8 Å². The minimum atomic E-state index is 0.0437. The van der Waals surface area contributed by atoms with E-state index in [1.54, 1.807) is 6.07 Å². The summed E-state index contributed by atoms with van der Waals surface area (Å²) < 4.78 is 0. The Morgan fingerprint density at radius 1 is 1.45 bits per heavy atom. The maximum Gasteiger partial charge on any atom is 0.272 e. The van der Waals surface area contributed by atoms with Crippen LogP contribution in [-0.4, -0.2) is 47.5 Å². The third kappa shape index (κ3) is 4.18. The predicted molar refractivity (Wildman–Crippen MR) is 89.2 cm³/mol. The Balaban J connectivity index is 2.16. The van der Waals surface area contributed by atoms with Crippen molar-refractivity contribution in [3.8, 4) is 0 Å². The molecule has 1 aromatic heterocycles. The Labute approximate surface area is 133 Å². The average Bonchev–Trinajstić information content (AvgIpc) is 2.51. The summed E-state index contributed by atoms with van der Waals surface area (Å²) in [7, 11) is 1.99. The second-order valence-electron chi connectivity index (χ2n) is 6.47. The molecule has 122 valence electrons. The quantitative estimate of drug-likeness (QED) is 0.839. The monoisotopic (exact) mass is 304 g/mol. The Hall–Kier alpha value is -1.65. The number of hydrogen-bond acceptors (Lipinski definition) is 4. The molecule has 5 nitrogen and oxygen atoms in total. The van der Waals surface area contributed by atoms with Gasteiger partial charge in [0.2, 0.25) is 5.95 Å². The molecule has 0 aliphatic carbocycles. The molecule has 1 unspecified atom stereocenters. The molecule has 0 bridgehead atoms. The van der Waals surface area contributed by atoms with Gasteiger partial charge in [-0.25, -0.2) is 9.97 Å². The van der Waals surface area contributed by atoms with E-state index in [0.29, 0.717) is 17.6 Å². The first-order chi connectivity index (χ1) is 10.5. The van der Waals surface area contributed by atoms with Crippen molar-refractivity contribution in [1.29, 1.82) is 0 Å². The van der Waals surface area contributed by atoms with Crippen LogP contribution < -0.4 is 4.90 Å². The van der Waals surface area contributed by atoms with Gasteiger partial charge in [-0.1, -0.05) is 20.3 Å². The maximum atomic E-state index is 12.7. The Morgan fingerprint density at radius 3 is 2.91 bits per heavy atom. The molecule has 22 heavy (non-hydrogen) atoms. The fourth-order valence-electron chi connectivity index (χ4n) is 2.86. The summed E-state index contributed by atoms with van der Waals surface area (Å²) in [5.41, 5.74) is 1.38. The van der Waals surface area contributed by atoms with E-state index >= 15 is 0 Å². The molecule has 1 saturated heterocycles. The first-order valence-electron chi connectivity index (χ1n) is 8.37. The highest BCUT2D eigenvalue weighted by atomic mass is 16.2. The fraction of sp³-hybridized carbons (Fsp3) is 0.706. The summed E-state index contributed by atoms with van der Waals surface area (Å²) in [5.74, 6) is 1.27. The van der Waals surface area contributed by atoms with Crippen molar-refractivity contribution in [1.82, 2.24) is 14.9 Å². The lowest BCUT2D eigenvalue weighted by Gasteiger charge is -2.30. The number of rotatable bonds is 5. The van der Waals surface area contributed by atoms with E-state index in [1.165, 1.54) is 6.42 Å². The minimum absolute atomic E-state index is 0.0437. The molecular formula is C17H28N4O. The van der Waals surface area contributed by atoms with E-state index in [4.69, 9.17) is 0 Å². The van der Waals surface area contributed by atoms with Crippen molar-refractivity contribution in [2.24, 2.45) is 5.92 Å². The molecule has 1 aliphatic rings. The number of carbonyl (C=O) groups excluding carboxylic acids is 1. The van der Waals surface area contributed by atoms with Crippen LogP contribution in [0.4, 0.5) is 5.95 Å². The number of likely N-dealkylation sites (tertiary alicyclic amines) is 1. The second kappa shape index (κ2) is 7.56. The second-order valence-corrected chi connectivity index (χ2v) is 6.47. The summed E-state index contributed by atoms with van der Waals surface area (Å²) in [6.07, 6.45) is 4.52. The molecule has 1 fully saturated rings. The molecule has 1 atom stereocenters. The first kappa shape index (κ1) is 16.7. The molecule has 0 radical (unpaired) electrons. The Morgan fingerprint density at radius 2 is 2.23 bits per heavy atom. The molecule has 1 aliphatic heterocycles. The van der Waals surface area contributed by atoms with Gasteiger partial charge in [0.1, 0.15) is 5.69 Å². The number of amides is 1. The standard InChI is InChI=1S/C17H28N4O/c1-5-6-9-20(4)17-18-14(3)11-15(19-17)16(22)21-10-7-8-13(2)12-21/h11,13H,5-10,12H2,1-4H3. The molecular weight excluding hydrogens is 276 g/mol. The largest absolute Gasteiger partial charge is 0.344 e. The number of aromatic nitrogens is 2. The summed E-state index contributed by atoms with van der Waals surface area (Å²) in [4.78, 5) is 25.7. The zero-order valence-electron chi connectivity index (χ0n) is 14.3. The number of unbranched alkanes of at least 4 members (excludes halogenated alkanes) is 1. The molecule has 2 rings (SSSR count). The molecule has 5 heteroatoms. The lowest BCUT2D eigenvalue weighted by atomic mass is 10.00. The topological polar surface area (TPSA) is 49.3 Å². The van der Waals surface area contributed by atoms with E-state index in [0.717, 1.165) is 44.6 Å². The van der Waals surface area contributed by atoms with E-state index in [9.17, 15) is 4.79 Å². The number of carbonyl (C=O) groups is 1. The molecule has 0 saturated carbocycles. The lowest BCUT2D eigenvalue weighted by Crippen LogP contribution is -2.39. The van der Waals surface area contributed by atoms with E-state index in [-0.39, 0.29) is 5.91 Å². The fourth-order valence-corrected chi connectivity index (χ4v) is 2.86. The Bertz CT molecular complexity index is 517. The zero-order valence-corrected chi connectivity index (χ0v) is 14.3. The average molecular weight is 304 g/mol.